The number of rotatable bonds is 6. The van der Waals surface area contributed by atoms with Gasteiger partial charge in [0.05, 0.1) is 11.3 Å². The van der Waals surface area contributed by atoms with Crippen LogP contribution in [0.1, 0.15) is 17.3 Å². The molecule has 0 aliphatic rings. The summed E-state index contributed by atoms with van der Waals surface area (Å²) in [7, 11) is 0. The summed E-state index contributed by atoms with van der Waals surface area (Å²) in [5.74, 6) is 1.33. The van der Waals surface area contributed by atoms with Gasteiger partial charge in [-0.25, -0.2) is 9.67 Å². The van der Waals surface area contributed by atoms with Crippen LogP contribution in [0.3, 0.4) is 0 Å². The van der Waals surface area contributed by atoms with Crippen molar-refractivity contribution in [2.24, 2.45) is 0 Å². The number of aromatic nitrogens is 5. The van der Waals surface area contributed by atoms with E-state index in [0.29, 0.717) is 29.6 Å². The number of nitro groups is 1. The Labute approximate surface area is 153 Å². The van der Waals surface area contributed by atoms with Gasteiger partial charge < -0.3 is 4.42 Å². The molecule has 0 aliphatic heterocycles. The first-order chi connectivity index (χ1) is 13.2. The van der Waals surface area contributed by atoms with Crippen LogP contribution in [0.5, 0.6) is 0 Å². The van der Waals surface area contributed by atoms with Crippen LogP contribution in [0.25, 0.3) is 11.4 Å². The normalized spacial score (nSPS) is 10.8. The molecule has 134 valence electrons. The molecule has 9 nitrogen and oxygen atoms in total. The fourth-order valence-electron chi connectivity index (χ4n) is 2.59. The van der Waals surface area contributed by atoms with Crippen molar-refractivity contribution in [1.82, 2.24) is 25.0 Å². The van der Waals surface area contributed by atoms with Gasteiger partial charge in [-0.1, -0.05) is 42.5 Å². The minimum Gasteiger partial charge on any atom is -0.423 e. The monoisotopic (exact) mass is 362 g/mol. The van der Waals surface area contributed by atoms with E-state index in [4.69, 9.17) is 4.42 Å². The Morgan fingerprint density at radius 1 is 1.04 bits per heavy atom. The molecule has 0 bridgehead atoms. The van der Waals surface area contributed by atoms with Crippen molar-refractivity contribution in [3.63, 3.8) is 0 Å². The second-order valence-corrected chi connectivity index (χ2v) is 5.83. The molecular formula is C18H14N6O3. The number of nitro benzene ring substituents is 1. The third kappa shape index (κ3) is 3.87. The summed E-state index contributed by atoms with van der Waals surface area (Å²) < 4.78 is 7.21. The molecule has 2 aromatic heterocycles. The van der Waals surface area contributed by atoms with Gasteiger partial charge in [0.15, 0.2) is 5.82 Å². The van der Waals surface area contributed by atoms with Gasteiger partial charge in [0.2, 0.25) is 11.8 Å². The van der Waals surface area contributed by atoms with Crippen LogP contribution >= 0.6 is 0 Å². The third-order valence-electron chi connectivity index (χ3n) is 3.86. The highest BCUT2D eigenvalue weighted by Crippen LogP contribution is 2.20. The lowest BCUT2D eigenvalue weighted by molar-refractivity contribution is -0.384. The van der Waals surface area contributed by atoms with Crippen molar-refractivity contribution in [3.05, 3.63) is 88.4 Å². The largest absolute Gasteiger partial charge is 0.423 e. The molecule has 27 heavy (non-hydrogen) atoms. The first kappa shape index (κ1) is 16.6. The van der Waals surface area contributed by atoms with Crippen molar-refractivity contribution in [1.29, 1.82) is 0 Å². The van der Waals surface area contributed by atoms with E-state index in [0.717, 1.165) is 5.56 Å². The zero-order valence-corrected chi connectivity index (χ0v) is 14.1. The van der Waals surface area contributed by atoms with Crippen LogP contribution in [-0.2, 0) is 13.0 Å². The highest BCUT2D eigenvalue weighted by molar-refractivity contribution is 5.58. The van der Waals surface area contributed by atoms with Gasteiger partial charge in [-0.3, -0.25) is 10.1 Å². The lowest BCUT2D eigenvalue weighted by Gasteiger charge is -1.97. The standard InChI is InChI=1S/C18H14N6O3/c25-24(26)15-8-4-7-14(10-15)18-19-12-23(22-18)11-17-21-20-16(27-17)9-13-5-2-1-3-6-13/h1-8,10,12H,9,11H2. The molecule has 0 radical (unpaired) electrons. The molecule has 0 unspecified atom stereocenters. The summed E-state index contributed by atoms with van der Waals surface area (Å²) in [4.78, 5) is 14.6. The number of hydrogen-bond donors (Lipinski definition) is 0. The van der Waals surface area contributed by atoms with Gasteiger partial charge in [-0.2, -0.15) is 5.10 Å². The lowest BCUT2D eigenvalue weighted by atomic mass is 10.2. The van der Waals surface area contributed by atoms with E-state index in [2.05, 4.69) is 20.3 Å². The zero-order valence-electron chi connectivity index (χ0n) is 14.1. The molecule has 0 saturated heterocycles. The smallest absolute Gasteiger partial charge is 0.270 e. The molecule has 0 saturated carbocycles. The molecule has 2 heterocycles. The molecule has 4 aromatic rings. The van der Waals surface area contributed by atoms with E-state index in [1.165, 1.54) is 18.5 Å². The number of nitrogens with zero attached hydrogens (tertiary/aromatic N) is 6. The van der Waals surface area contributed by atoms with E-state index in [9.17, 15) is 10.1 Å². The van der Waals surface area contributed by atoms with Gasteiger partial charge in [-0.15, -0.1) is 10.2 Å². The summed E-state index contributed by atoms with van der Waals surface area (Å²) in [5, 5.41) is 23.3. The van der Waals surface area contributed by atoms with Crippen LogP contribution in [0.4, 0.5) is 5.69 Å². The maximum atomic E-state index is 10.9. The Hall–Kier alpha value is -3.88. The van der Waals surface area contributed by atoms with Crippen molar-refractivity contribution >= 4 is 5.69 Å². The minimum absolute atomic E-state index is 0.00805. The van der Waals surface area contributed by atoms with E-state index < -0.39 is 4.92 Å². The molecule has 0 fully saturated rings. The summed E-state index contributed by atoms with van der Waals surface area (Å²) in [6, 6.07) is 16.0. The van der Waals surface area contributed by atoms with Crippen molar-refractivity contribution in [3.8, 4) is 11.4 Å². The van der Waals surface area contributed by atoms with E-state index in [1.807, 2.05) is 30.3 Å². The summed E-state index contributed by atoms with van der Waals surface area (Å²) in [6.07, 6.45) is 2.08. The maximum Gasteiger partial charge on any atom is 0.270 e. The van der Waals surface area contributed by atoms with Gasteiger partial charge in [0.25, 0.3) is 5.69 Å². The van der Waals surface area contributed by atoms with Gasteiger partial charge in [0.1, 0.15) is 12.9 Å². The molecule has 2 aromatic carbocycles. The van der Waals surface area contributed by atoms with Crippen molar-refractivity contribution < 1.29 is 9.34 Å². The molecule has 0 amide bonds. The second kappa shape index (κ2) is 7.16. The fourth-order valence-corrected chi connectivity index (χ4v) is 2.59. The zero-order chi connectivity index (χ0) is 18.6. The maximum absolute atomic E-state index is 10.9. The van der Waals surface area contributed by atoms with E-state index in [1.54, 1.807) is 16.8 Å². The first-order valence-corrected chi connectivity index (χ1v) is 8.17. The Morgan fingerprint density at radius 3 is 2.67 bits per heavy atom. The molecule has 0 atom stereocenters. The summed E-state index contributed by atoms with van der Waals surface area (Å²) >= 11 is 0. The van der Waals surface area contributed by atoms with Gasteiger partial charge >= 0.3 is 0 Å². The third-order valence-corrected chi connectivity index (χ3v) is 3.86. The fraction of sp³-hybridized carbons (Fsp3) is 0.111. The van der Waals surface area contributed by atoms with Crippen molar-refractivity contribution in [2.75, 3.05) is 0 Å². The highest BCUT2D eigenvalue weighted by Gasteiger charge is 2.12. The topological polar surface area (TPSA) is 113 Å². The Kier molecular flexibility index (Phi) is 4.40. The highest BCUT2D eigenvalue weighted by atomic mass is 16.6. The quantitative estimate of drug-likeness (QED) is 0.383. The van der Waals surface area contributed by atoms with E-state index >= 15 is 0 Å². The predicted octanol–water partition coefficient (Wildman–Crippen LogP) is 2.88. The summed E-state index contributed by atoms with van der Waals surface area (Å²) in [6.45, 7) is 0.268. The SMILES string of the molecule is O=[N+]([O-])c1cccc(-c2ncn(Cc3nnc(Cc4ccccc4)o3)n2)c1. The van der Waals surface area contributed by atoms with Crippen LogP contribution in [0, 0.1) is 10.1 Å². The average molecular weight is 362 g/mol. The molecule has 9 heteroatoms. The molecule has 4 rings (SSSR count). The molecule has 0 aliphatic carbocycles. The van der Waals surface area contributed by atoms with Crippen molar-refractivity contribution in [2.45, 2.75) is 13.0 Å². The predicted molar refractivity (Wildman–Crippen MR) is 94.8 cm³/mol. The van der Waals surface area contributed by atoms with Crippen LogP contribution in [-0.4, -0.2) is 29.9 Å². The number of hydrogen-bond acceptors (Lipinski definition) is 7. The van der Waals surface area contributed by atoms with Gasteiger partial charge in [0, 0.05) is 17.7 Å². The average Bonchev–Trinajstić information content (AvgIpc) is 3.33. The second-order valence-electron chi connectivity index (χ2n) is 5.83. The Bertz CT molecular complexity index is 1070. The molecular weight excluding hydrogens is 348 g/mol. The Morgan fingerprint density at radius 2 is 1.85 bits per heavy atom. The minimum atomic E-state index is -0.451. The molecule has 0 N–H and O–H groups in total. The van der Waals surface area contributed by atoms with E-state index in [-0.39, 0.29) is 12.2 Å². The van der Waals surface area contributed by atoms with Crippen LogP contribution < -0.4 is 0 Å². The van der Waals surface area contributed by atoms with Gasteiger partial charge in [-0.05, 0) is 5.56 Å². The Balaban J connectivity index is 1.47. The van der Waals surface area contributed by atoms with Crippen LogP contribution in [0.2, 0.25) is 0 Å². The first-order valence-electron chi connectivity index (χ1n) is 8.17. The number of non-ortho nitro benzene ring substituents is 1. The number of benzene rings is 2. The molecule has 0 spiro atoms. The summed E-state index contributed by atoms with van der Waals surface area (Å²) in [5.41, 5.74) is 1.64. The lowest BCUT2D eigenvalue weighted by Crippen LogP contribution is -2.00. The van der Waals surface area contributed by atoms with Crippen LogP contribution in [0.15, 0.2) is 65.3 Å².